The van der Waals surface area contributed by atoms with Crippen molar-refractivity contribution in [3.63, 3.8) is 0 Å². The van der Waals surface area contributed by atoms with Crippen molar-refractivity contribution in [1.82, 2.24) is 9.55 Å². The summed E-state index contributed by atoms with van der Waals surface area (Å²) in [6.45, 7) is 1.96. The predicted octanol–water partition coefficient (Wildman–Crippen LogP) is 1.14. The second-order valence-corrected chi connectivity index (χ2v) is 4.55. The number of aliphatic hydroxyl groups is 1. The van der Waals surface area contributed by atoms with Gasteiger partial charge < -0.3 is 15.4 Å². The lowest BCUT2D eigenvalue weighted by molar-refractivity contribution is -0.385. The van der Waals surface area contributed by atoms with Gasteiger partial charge in [0, 0.05) is 24.4 Å². The maximum atomic E-state index is 10.9. The maximum Gasteiger partial charge on any atom is 0.272 e. The topological polar surface area (TPSA) is 107 Å². The number of aromatic nitrogens is 2. The molecule has 2 aromatic rings. The first-order chi connectivity index (χ1) is 9.54. The van der Waals surface area contributed by atoms with E-state index in [-0.39, 0.29) is 12.3 Å². The zero-order valence-electron chi connectivity index (χ0n) is 11.1. The van der Waals surface area contributed by atoms with E-state index in [0.717, 1.165) is 5.56 Å². The monoisotopic (exact) mass is 276 g/mol. The molecule has 1 heterocycles. The summed E-state index contributed by atoms with van der Waals surface area (Å²) >= 11 is 0. The number of imidazole rings is 1. The lowest BCUT2D eigenvalue weighted by Crippen LogP contribution is -2.19. The summed E-state index contributed by atoms with van der Waals surface area (Å²) in [6, 6.07) is 4.45. The van der Waals surface area contributed by atoms with Crippen LogP contribution >= 0.6 is 0 Å². The second kappa shape index (κ2) is 5.81. The molecule has 7 heteroatoms. The Hall–Kier alpha value is -2.25. The largest absolute Gasteiger partial charge is 0.394 e. The molecule has 0 aliphatic carbocycles. The molecule has 0 saturated heterocycles. The number of aliphatic hydroxyl groups excluding tert-OH is 1. The van der Waals surface area contributed by atoms with Crippen LogP contribution in [0.4, 0.5) is 5.69 Å². The van der Waals surface area contributed by atoms with Crippen molar-refractivity contribution in [2.45, 2.75) is 19.5 Å². The van der Waals surface area contributed by atoms with Crippen LogP contribution in [0.1, 0.15) is 22.9 Å². The molecule has 3 N–H and O–H groups in total. The van der Waals surface area contributed by atoms with Crippen molar-refractivity contribution in [3.8, 4) is 0 Å². The van der Waals surface area contributed by atoms with E-state index in [2.05, 4.69) is 4.98 Å². The van der Waals surface area contributed by atoms with Gasteiger partial charge in [-0.3, -0.25) is 10.1 Å². The average Bonchev–Trinajstić information content (AvgIpc) is 2.88. The van der Waals surface area contributed by atoms with Gasteiger partial charge in [-0.05, 0) is 12.5 Å². The molecule has 7 nitrogen and oxygen atoms in total. The van der Waals surface area contributed by atoms with Crippen LogP contribution in [-0.4, -0.2) is 26.2 Å². The van der Waals surface area contributed by atoms with Crippen LogP contribution in [-0.2, 0) is 6.54 Å². The lowest BCUT2D eigenvalue weighted by Gasteiger charge is -2.13. The molecule has 1 aromatic carbocycles. The molecule has 0 aliphatic rings. The predicted molar refractivity (Wildman–Crippen MR) is 73.2 cm³/mol. The summed E-state index contributed by atoms with van der Waals surface area (Å²) in [5.41, 5.74) is 8.02. The summed E-state index contributed by atoms with van der Waals surface area (Å²) in [7, 11) is 0. The van der Waals surface area contributed by atoms with Gasteiger partial charge in [0.1, 0.15) is 0 Å². The Labute approximate surface area is 115 Å². The molecule has 0 aliphatic heterocycles. The van der Waals surface area contributed by atoms with E-state index in [1.54, 1.807) is 30.1 Å². The molecule has 1 atom stereocenters. The average molecular weight is 276 g/mol. The van der Waals surface area contributed by atoms with Crippen LogP contribution in [0, 0.1) is 17.0 Å². The second-order valence-electron chi connectivity index (χ2n) is 4.55. The van der Waals surface area contributed by atoms with E-state index in [0.29, 0.717) is 17.8 Å². The highest BCUT2D eigenvalue weighted by molar-refractivity contribution is 5.44. The number of hydrogen-bond donors (Lipinski definition) is 2. The van der Waals surface area contributed by atoms with E-state index in [4.69, 9.17) is 10.8 Å². The highest BCUT2D eigenvalue weighted by Crippen LogP contribution is 2.22. The van der Waals surface area contributed by atoms with Crippen LogP contribution in [0.5, 0.6) is 0 Å². The van der Waals surface area contributed by atoms with Gasteiger partial charge in [-0.15, -0.1) is 0 Å². The minimum atomic E-state index is -0.517. The van der Waals surface area contributed by atoms with Crippen LogP contribution in [0.3, 0.4) is 0 Å². The van der Waals surface area contributed by atoms with Crippen LogP contribution in [0.25, 0.3) is 0 Å². The van der Waals surface area contributed by atoms with Gasteiger partial charge in [0.05, 0.1) is 29.6 Å². The van der Waals surface area contributed by atoms with Crippen molar-refractivity contribution in [1.29, 1.82) is 0 Å². The summed E-state index contributed by atoms with van der Waals surface area (Å²) in [4.78, 5) is 14.5. The Bertz CT molecular complexity index is 624. The SMILES string of the molecule is Cc1c(Cn2cncc2C(N)CO)cccc1[N+](=O)[O-]. The Morgan fingerprint density at radius 1 is 1.55 bits per heavy atom. The van der Waals surface area contributed by atoms with Crippen molar-refractivity contribution in [2.24, 2.45) is 5.73 Å². The summed E-state index contributed by atoms with van der Waals surface area (Å²) in [6.07, 6.45) is 3.19. The number of nitro groups is 1. The van der Waals surface area contributed by atoms with Gasteiger partial charge in [0.25, 0.3) is 5.69 Å². The van der Waals surface area contributed by atoms with Crippen molar-refractivity contribution < 1.29 is 10.0 Å². The first kappa shape index (κ1) is 14.2. The first-order valence-corrected chi connectivity index (χ1v) is 6.14. The first-order valence-electron chi connectivity index (χ1n) is 6.14. The Kier molecular flexibility index (Phi) is 4.11. The third-order valence-corrected chi connectivity index (χ3v) is 3.28. The third-order valence-electron chi connectivity index (χ3n) is 3.28. The van der Waals surface area contributed by atoms with E-state index < -0.39 is 11.0 Å². The summed E-state index contributed by atoms with van der Waals surface area (Å²) in [5.74, 6) is 0. The van der Waals surface area contributed by atoms with E-state index in [9.17, 15) is 10.1 Å². The normalized spacial score (nSPS) is 12.3. The number of rotatable bonds is 5. The molecule has 0 spiro atoms. The van der Waals surface area contributed by atoms with E-state index in [1.807, 2.05) is 6.07 Å². The van der Waals surface area contributed by atoms with E-state index in [1.165, 1.54) is 6.07 Å². The molecule has 0 saturated carbocycles. The summed E-state index contributed by atoms with van der Waals surface area (Å²) in [5, 5.41) is 20.0. The maximum absolute atomic E-state index is 10.9. The Balaban J connectivity index is 2.34. The standard InChI is InChI=1S/C13H16N4O3/c1-9-10(3-2-4-12(9)17(19)20)6-16-8-15-5-13(16)11(14)7-18/h2-5,8,11,18H,6-7,14H2,1H3. The molecule has 0 bridgehead atoms. The molecule has 106 valence electrons. The minimum Gasteiger partial charge on any atom is -0.394 e. The van der Waals surface area contributed by atoms with Gasteiger partial charge in [0.2, 0.25) is 0 Å². The number of hydrogen-bond acceptors (Lipinski definition) is 5. The zero-order chi connectivity index (χ0) is 14.7. The van der Waals surface area contributed by atoms with Crippen molar-refractivity contribution in [3.05, 3.63) is 57.7 Å². The van der Waals surface area contributed by atoms with Gasteiger partial charge in [-0.25, -0.2) is 4.98 Å². The fourth-order valence-corrected chi connectivity index (χ4v) is 2.09. The Morgan fingerprint density at radius 2 is 2.30 bits per heavy atom. The lowest BCUT2D eigenvalue weighted by atomic mass is 10.1. The van der Waals surface area contributed by atoms with Gasteiger partial charge in [0.15, 0.2) is 0 Å². The minimum absolute atomic E-state index is 0.0932. The van der Waals surface area contributed by atoms with Crippen LogP contribution < -0.4 is 5.73 Å². The zero-order valence-corrected chi connectivity index (χ0v) is 11.1. The molecule has 1 unspecified atom stereocenters. The van der Waals surface area contributed by atoms with E-state index >= 15 is 0 Å². The molecule has 0 amide bonds. The van der Waals surface area contributed by atoms with Crippen molar-refractivity contribution in [2.75, 3.05) is 6.61 Å². The number of benzene rings is 1. The molecular formula is C13H16N4O3. The fraction of sp³-hybridized carbons (Fsp3) is 0.308. The summed E-state index contributed by atoms with van der Waals surface area (Å²) < 4.78 is 1.78. The molecule has 0 radical (unpaired) electrons. The third kappa shape index (κ3) is 2.68. The molecule has 1 aromatic heterocycles. The molecule has 0 fully saturated rings. The molecular weight excluding hydrogens is 260 g/mol. The fourth-order valence-electron chi connectivity index (χ4n) is 2.09. The molecule has 2 rings (SSSR count). The quantitative estimate of drug-likeness (QED) is 0.629. The van der Waals surface area contributed by atoms with Crippen LogP contribution in [0.15, 0.2) is 30.7 Å². The van der Waals surface area contributed by atoms with Crippen molar-refractivity contribution >= 4 is 5.69 Å². The number of nitro benzene ring substituents is 1. The van der Waals surface area contributed by atoms with Gasteiger partial charge in [-0.1, -0.05) is 12.1 Å². The Morgan fingerprint density at radius 3 is 2.95 bits per heavy atom. The number of nitrogens with zero attached hydrogens (tertiary/aromatic N) is 3. The van der Waals surface area contributed by atoms with Crippen LogP contribution in [0.2, 0.25) is 0 Å². The molecule has 20 heavy (non-hydrogen) atoms. The highest BCUT2D eigenvalue weighted by atomic mass is 16.6. The smallest absolute Gasteiger partial charge is 0.272 e. The van der Waals surface area contributed by atoms with Gasteiger partial charge >= 0.3 is 0 Å². The number of nitrogens with two attached hydrogens (primary N) is 1. The highest BCUT2D eigenvalue weighted by Gasteiger charge is 2.15. The van der Waals surface area contributed by atoms with Gasteiger partial charge in [-0.2, -0.15) is 0 Å².